The summed E-state index contributed by atoms with van der Waals surface area (Å²) in [5.41, 5.74) is -1.24. The van der Waals surface area contributed by atoms with Gasteiger partial charge in [0.05, 0.1) is 13.1 Å². The lowest BCUT2D eigenvalue weighted by atomic mass is 10.2. The number of hydrogen-bond donors (Lipinski definition) is 2. The molecule has 0 unspecified atom stereocenters. The van der Waals surface area contributed by atoms with E-state index in [0.717, 1.165) is 0 Å². The fourth-order valence-corrected chi connectivity index (χ4v) is 1.48. The molecule has 0 aliphatic carbocycles. The number of hydrogen-bond acceptors (Lipinski definition) is 8. The van der Waals surface area contributed by atoms with Crippen molar-refractivity contribution in [2.24, 2.45) is 0 Å². The first-order valence-electron chi connectivity index (χ1n) is 8.53. The zero-order valence-corrected chi connectivity index (χ0v) is 16.8. The first-order valence-corrected chi connectivity index (χ1v) is 8.53. The minimum atomic E-state index is -0.786. The number of nitrogens with one attached hydrogen (secondary N) is 2. The molecule has 0 aromatic heterocycles. The standard InChI is InChI=1S/C17H30N2O8/c1-16(2,3)26-14(22)18-7-9-24-12(20)11-13(21)25-10-8-19-15(23)27-17(4,5)6/h7-11H2,1-6H3,(H,18,22)(H,19,23). The number of carbonyl (C=O) groups excluding carboxylic acids is 4. The van der Waals surface area contributed by atoms with Gasteiger partial charge in [0.1, 0.15) is 30.8 Å². The number of rotatable bonds is 8. The Morgan fingerprint density at radius 2 is 1.00 bits per heavy atom. The van der Waals surface area contributed by atoms with Crippen LogP contribution < -0.4 is 10.6 Å². The molecule has 0 fully saturated rings. The van der Waals surface area contributed by atoms with Gasteiger partial charge in [-0.25, -0.2) is 9.59 Å². The number of amides is 2. The second-order valence-corrected chi connectivity index (χ2v) is 7.48. The van der Waals surface area contributed by atoms with Gasteiger partial charge in [-0.1, -0.05) is 0 Å². The van der Waals surface area contributed by atoms with Gasteiger partial charge in [0.25, 0.3) is 0 Å². The summed E-state index contributed by atoms with van der Waals surface area (Å²) in [6, 6.07) is 0. The van der Waals surface area contributed by atoms with Gasteiger partial charge in [-0.3, -0.25) is 9.59 Å². The smallest absolute Gasteiger partial charge is 0.407 e. The van der Waals surface area contributed by atoms with E-state index in [1.807, 2.05) is 0 Å². The molecule has 0 rings (SSSR count). The van der Waals surface area contributed by atoms with E-state index < -0.39 is 41.7 Å². The Morgan fingerprint density at radius 3 is 1.30 bits per heavy atom. The molecule has 0 atom stereocenters. The van der Waals surface area contributed by atoms with Crippen LogP contribution >= 0.6 is 0 Å². The van der Waals surface area contributed by atoms with E-state index in [0.29, 0.717) is 0 Å². The highest BCUT2D eigenvalue weighted by molar-refractivity contribution is 5.91. The van der Waals surface area contributed by atoms with Crippen LogP contribution in [0.5, 0.6) is 0 Å². The molecule has 0 saturated carbocycles. The third kappa shape index (κ3) is 16.7. The molecular formula is C17H30N2O8. The third-order valence-corrected chi connectivity index (χ3v) is 2.36. The van der Waals surface area contributed by atoms with Crippen molar-refractivity contribution in [1.82, 2.24) is 10.6 Å². The Balaban J connectivity index is 3.77. The van der Waals surface area contributed by atoms with E-state index in [1.54, 1.807) is 41.5 Å². The Morgan fingerprint density at radius 1 is 0.667 bits per heavy atom. The molecule has 0 aromatic rings. The number of ether oxygens (including phenoxy) is 4. The highest BCUT2D eigenvalue weighted by Gasteiger charge is 2.17. The minimum absolute atomic E-state index is 0.0511. The van der Waals surface area contributed by atoms with E-state index in [1.165, 1.54) is 0 Å². The van der Waals surface area contributed by atoms with Crippen molar-refractivity contribution in [2.45, 2.75) is 59.2 Å². The Labute approximate surface area is 159 Å². The molecule has 2 N–H and O–H groups in total. The van der Waals surface area contributed by atoms with Gasteiger partial charge in [0, 0.05) is 0 Å². The van der Waals surface area contributed by atoms with Crippen LogP contribution in [0.2, 0.25) is 0 Å². The van der Waals surface area contributed by atoms with E-state index in [9.17, 15) is 19.2 Å². The predicted molar refractivity (Wildman–Crippen MR) is 95.0 cm³/mol. The maximum Gasteiger partial charge on any atom is 0.407 e. The molecule has 27 heavy (non-hydrogen) atoms. The fraction of sp³-hybridized carbons (Fsp3) is 0.765. The van der Waals surface area contributed by atoms with E-state index in [-0.39, 0.29) is 26.3 Å². The van der Waals surface area contributed by atoms with Crippen molar-refractivity contribution in [3.05, 3.63) is 0 Å². The predicted octanol–water partition coefficient (Wildman–Crippen LogP) is 1.51. The maximum absolute atomic E-state index is 11.5. The monoisotopic (exact) mass is 390 g/mol. The lowest BCUT2D eigenvalue weighted by Gasteiger charge is -2.19. The van der Waals surface area contributed by atoms with E-state index in [4.69, 9.17) is 18.9 Å². The third-order valence-electron chi connectivity index (χ3n) is 2.36. The fourth-order valence-electron chi connectivity index (χ4n) is 1.48. The van der Waals surface area contributed by atoms with Crippen LogP contribution in [0.1, 0.15) is 48.0 Å². The molecular weight excluding hydrogens is 360 g/mol. The van der Waals surface area contributed by atoms with Gasteiger partial charge in [-0.2, -0.15) is 0 Å². The first-order chi connectivity index (χ1) is 12.3. The molecule has 156 valence electrons. The van der Waals surface area contributed by atoms with Gasteiger partial charge >= 0.3 is 24.1 Å². The summed E-state index contributed by atoms with van der Waals surface area (Å²) >= 11 is 0. The maximum atomic E-state index is 11.5. The summed E-state index contributed by atoms with van der Waals surface area (Å²) in [7, 11) is 0. The Bertz CT molecular complexity index is 474. The van der Waals surface area contributed by atoms with Crippen molar-refractivity contribution >= 4 is 24.1 Å². The molecule has 10 heteroatoms. The van der Waals surface area contributed by atoms with Crippen molar-refractivity contribution in [2.75, 3.05) is 26.3 Å². The van der Waals surface area contributed by atoms with Gasteiger partial charge < -0.3 is 29.6 Å². The summed E-state index contributed by atoms with van der Waals surface area (Å²) in [5.74, 6) is -1.57. The van der Waals surface area contributed by atoms with Crippen LogP contribution in [0.3, 0.4) is 0 Å². The topological polar surface area (TPSA) is 129 Å². The van der Waals surface area contributed by atoms with Crippen LogP contribution in [0, 0.1) is 0 Å². The van der Waals surface area contributed by atoms with Crippen molar-refractivity contribution < 1.29 is 38.1 Å². The summed E-state index contributed by atoms with van der Waals surface area (Å²) in [6.45, 7) is 10.2. The van der Waals surface area contributed by atoms with Crippen LogP contribution in [0.25, 0.3) is 0 Å². The zero-order valence-electron chi connectivity index (χ0n) is 16.8. The molecule has 0 aliphatic rings. The average molecular weight is 390 g/mol. The molecule has 10 nitrogen and oxygen atoms in total. The van der Waals surface area contributed by atoms with Crippen molar-refractivity contribution in [1.29, 1.82) is 0 Å². The lowest BCUT2D eigenvalue weighted by molar-refractivity contribution is -0.154. The zero-order chi connectivity index (χ0) is 21.1. The second-order valence-electron chi connectivity index (χ2n) is 7.48. The van der Waals surface area contributed by atoms with Gasteiger partial charge in [0.15, 0.2) is 0 Å². The molecule has 0 bridgehead atoms. The number of carbonyl (C=O) groups is 4. The van der Waals surface area contributed by atoms with Crippen molar-refractivity contribution in [3.8, 4) is 0 Å². The van der Waals surface area contributed by atoms with Gasteiger partial charge in [-0.05, 0) is 41.5 Å². The Hall–Kier alpha value is -2.52. The second kappa shape index (κ2) is 11.2. The van der Waals surface area contributed by atoms with Crippen LogP contribution in [-0.2, 0) is 28.5 Å². The lowest BCUT2D eigenvalue weighted by Crippen LogP contribution is -2.35. The molecule has 2 amide bonds. The number of alkyl carbamates (subject to hydrolysis) is 2. The van der Waals surface area contributed by atoms with Crippen LogP contribution in [0.15, 0.2) is 0 Å². The Kier molecular flexibility index (Phi) is 10.2. The van der Waals surface area contributed by atoms with Crippen LogP contribution in [0.4, 0.5) is 9.59 Å². The number of esters is 2. The highest BCUT2D eigenvalue weighted by atomic mass is 16.6. The molecule has 0 heterocycles. The summed E-state index contributed by atoms with van der Waals surface area (Å²) in [5, 5.41) is 4.82. The van der Waals surface area contributed by atoms with Crippen molar-refractivity contribution in [3.63, 3.8) is 0 Å². The molecule has 0 aromatic carbocycles. The SMILES string of the molecule is CC(C)(C)OC(=O)NCCOC(=O)CC(=O)OCCNC(=O)OC(C)(C)C. The van der Waals surface area contributed by atoms with E-state index in [2.05, 4.69) is 10.6 Å². The minimum Gasteiger partial charge on any atom is -0.463 e. The quantitative estimate of drug-likeness (QED) is 0.276. The summed E-state index contributed by atoms with van der Waals surface area (Å²) in [4.78, 5) is 45.7. The molecule has 0 spiro atoms. The molecule has 0 radical (unpaired) electrons. The molecule has 0 saturated heterocycles. The summed E-state index contributed by atoms with van der Waals surface area (Å²) in [6.07, 6.45) is -1.83. The van der Waals surface area contributed by atoms with Crippen LogP contribution in [-0.4, -0.2) is 61.6 Å². The van der Waals surface area contributed by atoms with E-state index >= 15 is 0 Å². The van der Waals surface area contributed by atoms with Gasteiger partial charge in [-0.15, -0.1) is 0 Å². The summed E-state index contributed by atoms with van der Waals surface area (Å²) < 4.78 is 19.6. The average Bonchev–Trinajstić information content (AvgIpc) is 2.44. The first kappa shape index (κ1) is 24.5. The normalized spacial score (nSPS) is 11.2. The highest BCUT2D eigenvalue weighted by Crippen LogP contribution is 2.06. The van der Waals surface area contributed by atoms with Gasteiger partial charge in [0.2, 0.25) is 0 Å². The largest absolute Gasteiger partial charge is 0.463 e. The molecule has 0 aliphatic heterocycles.